The Morgan fingerprint density at radius 1 is 1.18 bits per heavy atom. The number of H-pyrrole nitrogens is 1. The van der Waals surface area contributed by atoms with Crippen LogP contribution >= 0.6 is 0 Å². The topological polar surface area (TPSA) is 93.5 Å². The van der Waals surface area contributed by atoms with Crippen LogP contribution in [0, 0.1) is 17.1 Å². The number of benzene rings is 2. The zero-order valence-corrected chi connectivity index (χ0v) is 18.6. The Morgan fingerprint density at radius 2 is 2.00 bits per heavy atom. The second-order valence-corrected chi connectivity index (χ2v) is 8.34. The molecule has 0 bridgehead atoms. The highest BCUT2D eigenvalue weighted by Crippen LogP contribution is 2.35. The van der Waals surface area contributed by atoms with E-state index < -0.39 is 12.5 Å². The predicted octanol–water partition coefficient (Wildman–Crippen LogP) is 4.36. The Hall–Kier alpha value is -3.90. The fourth-order valence-electron chi connectivity index (χ4n) is 4.44. The first kappa shape index (κ1) is 21.9. The molecule has 0 aliphatic carbocycles. The van der Waals surface area contributed by atoms with Gasteiger partial charge < -0.3 is 15.2 Å². The summed E-state index contributed by atoms with van der Waals surface area (Å²) in [5.74, 6) is 0.0437. The van der Waals surface area contributed by atoms with Crippen molar-refractivity contribution in [2.45, 2.75) is 25.6 Å². The first-order valence-electron chi connectivity index (χ1n) is 11.1. The molecule has 0 saturated carbocycles. The van der Waals surface area contributed by atoms with Gasteiger partial charge in [-0.1, -0.05) is 6.07 Å². The normalized spacial score (nSPS) is 14.5. The summed E-state index contributed by atoms with van der Waals surface area (Å²) in [6.45, 7) is 0.928. The van der Waals surface area contributed by atoms with Crippen molar-refractivity contribution < 1.29 is 8.78 Å². The minimum absolute atomic E-state index is 0.0501. The van der Waals surface area contributed by atoms with Crippen LogP contribution in [0.3, 0.4) is 0 Å². The van der Waals surface area contributed by atoms with Crippen LogP contribution in [0.1, 0.15) is 24.0 Å². The molecule has 0 amide bonds. The molecule has 1 fully saturated rings. The number of alkyl halides is 1. The van der Waals surface area contributed by atoms with Crippen LogP contribution in [0.4, 0.5) is 14.6 Å². The van der Waals surface area contributed by atoms with Crippen molar-refractivity contribution in [2.75, 3.05) is 25.0 Å². The van der Waals surface area contributed by atoms with Gasteiger partial charge in [-0.05, 0) is 49.7 Å². The van der Waals surface area contributed by atoms with Crippen LogP contribution < -0.4 is 10.2 Å². The van der Waals surface area contributed by atoms with Crippen LogP contribution in [0.15, 0.2) is 42.9 Å². The number of nitriles is 1. The molecule has 1 aliphatic heterocycles. The van der Waals surface area contributed by atoms with Crippen molar-refractivity contribution in [1.82, 2.24) is 25.3 Å². The highest BCUT2D eigenvalue weighted by atomic mass is 19.1. The van der Waals surface area contributed by atoms with Crippen molar-refractivity contribution >= 4 is 16.9 Å². The monoisotopic (exact) mass is 459 g/mol. The lowest BCUT2D eigenvalue weighted by atomic mass is 9.98. The molecule has 34 heavy (non-hydrogen) atoms. The second-order valence-electron chi connectivity index (χ2n) is 8.34. The molecule has 0 spiro atoms. The van der Waals surface area contributed by atoms with E-state index in [1.54, 1.807) is 30.7 Å². The number of anilines is 1. The quantitative estimate of drug-likeness (QED) is 0.461. The molecule has 2 aromatic heterocycles. The average molecular weight is 460 g/mol. The van der Waals surface area contributed by atoms with Crippen LogP contribution in [-0.4, -0.2) is 46.1 Å². The molecule has 172 valence electrons. The largest absolute Gasteiger partial charge is 0.355 e. The number of rotatable bonds is 5. The minimum atomic E-state index is -0.702. The van der Waals surface area contributed by atoms with Gasteiger partial charge in [0.25, 0.3) is 0 Å². The van der Waals surface area contributed by atoms with E-state index in [2.05, 4.69) is 20.2 Å². The number of fused-ring (bicyclic) bond motifs is 1. The van der Waals surface area contributed by atoms with Gasteiger partial charge in [0.05, 0.1) is 40.5 Å². The highest BCUT2D eigenvalue weighted by molar-refractivity contribution is 5.87. The third kappa shape index (κ3) is 3.97. The smallest absolute Gasteiger partial charge is 0.147 e. The van der Waals surface area contributed by atoms with E-state index in [1.807, 2.05) is 13.1 Å². The van der Waals surface area contributed by atoms with Crippen molar-refractivity contribution in [1.29, 1.82) is 5.26 Å². The predicted molar refractivity (Wildman–Crippen MR) is 126 cm³/mol. The molecule has 1 saturated heterocycles. The maximum atomic E-state index is 14.6. The Morgan fingerprint density at radius 3 is 2.71 bits per heavy atom. The summed E-state index contributed by atoms with van der Waals surface area (Å²) in [7, 11) is 1.96. The molecule has 0 radical (unpaired) electrons. The van der Waals surface area contributed by atoms with Gasteiger partial charge in [0.15, 0.2) is 0 Å². The Kier molecular flexibility index (Phi) is 5.90. The van der Waals surface area contributed by atoms with Crippen LogP contribution in [0.25, 0.3) is 33.5 Å². The standard InChI is InChI=1S/C25H23F2N7/c1-29-18-4-6-34(7-5-18)23-13-30-25(19-10-22-21(31-14-32-22)9-17(19)11-26)24(33-23)15-2-3-16(12-28)20(27)8-15/h2-3,8-10,13-14,18,29H,4-7,11H2,1H3,(H,31,32). The van der Waals surface area contributed by atoms with Gasteiger partial charge in [-0.2, -0.15) is 5.26 Å². The molecule has 4 aromatic rings. The van der Waals surface area contributed by atoms with Gasteiger partial charge in [-0.25, -0.2) is 18.7 Å². The van der Waals surface area contributed by atoms with E-state index in [0.717, 1.165) is 31.4 Å². The SMILES string of the molecule is CNC1CCN(c2cnc(-c3cc4nc[nH]c4cc3CF)c(-c3ccc(C#N)c(F)c3)n2)CC1. The zero-order chi connectivity index (χ0) is 23.7. The zero-order valence-electron chi connectivity index (χ0n) is 18.6. The summed E-state index contributed by atoms with van der Waals surface area (Å²) in [5.41, 5.74) is 3.67. The van der Waals surface area contributed by atoms with Gasteiger partial charge in [-0.15, -0.1) is 0 Å². The number of imidazole rings is 1. The molecule has 2 aromatic carbocycles. The summed E-state index contributed by atoms with van der Waals surface area (Å²) in [4.78, 5) is 19.0. The van der Waals surface area contributed by atoms with Crippen LogP contribution in [0.5, 0.6) is 0 Å². The molecule has 9 heteroatoms. The van der Waals surface area contributed by atoms with Gasteiger partial charge in [0.1, 0.15) is 24.4 Å². The first-order valence-corrected chi connectivity index (χ1v) is 11.1. The summed E-state index contributed by atoms with van der Waals surface area (Å²) >= 11 is 0. The number of piperidine rings is 1. The molecule has 0 unspecified atom stereocenters. The maximum Gasteiger partial charge on any atom is 0.147 e. The number of aromatic nitrogens is 4. The third-order valence-electron chi connectivity index (χ3n) is 6.39. The maximum absolute atomic E-state index is 14.6. The lowest BCUT2D eigenvalue weighted by molar-refractivity contribution is 0.440. The van der Waals surface area contributed by atoms with Crippen LogP contribution in [-0.2, 0) is 6.67 Å². The van der Waals surface area contributed by atoms with Crippen LogP contribution in [0.2, 0.25) is 0 Å². The molecule has 7 nitrogen and oxygen atoms in total. The van der Waals surface area contributed by atoms with Crippen molar-refractivity contribution in [2.24, 2.45) is 0 Å². The third-order valence-corrected chi connectivity index (χ3v) is 6.39. The Balaban J connectivity index is 1.66. The number of hydrogen-bond donors (Lipinski definition) is 2. The fourth-order valence-corrected chi connectivity index (χ4v) is 4.44. The lowest BCUT2D eigenvalue weighted by Crippen LogP contribution is -2.41. The van der Waals surface area contributed by atoms with E-state index in [-0.39, 0.29) is 5.56 Å². The van der Waals surface area contributed by atoms with Gasteiger partial charge in [0.2, 0.25) is 0 Å². The van der Waals surface area contributed by atoms with Crippen molar-refractivity contribution in [3.63, 3.8) is 0 Å². The molecular formula is C25H23F2N7. The lowest BCUT2D eigenvalue weighted by Gasteiger charge is -2.32. The summed E-state index contributed by atoms with van der Waals surface area (Å²) in [5, 5.41) is 12.4. The molecule has 3 heterocycles. The van der Waals surface area contributed by atoms with Gasteiger partial charge in [0, 0.05) is 30.3 Å². The van der Waals surface area contributed by atoms with Gasteiger partial charge in [-0.3, -0.25) is 4.98 Å². The first-order chi connectivity index (χ1) is 16.6. The van der Waals surface area contributed by atoms with E-state index in [1.165, 1.54) is 12.1 Å². The van der Waals surface area contributed by atoms with E-state index in [9.17, 15) is 8.78 Å². The number of nitrogens with zero attached hydrogens (tertiary/aromatic N) is 5. The molecule has 5 rings (SSSR count). The van der Waals surface area contributed by atoms with E-state index >= 15 is 0 Å². The molecule has 0 atom stereocenters. The van der Waals surface area contributed by atoms with E-state index in [0.29, 0.717) is 45.5 Å². The molecular weight excluding hydrogens is 436 g/mol. The molecule has 2 N–H and O–H groups in total. The fraction of sp³-hybridized carbons (Fsp3) is 0.280. The average Bonchev–Trinajstić information content (AvgIpc) is 3.35. The second kappa shape index (κ2) is 9.15. The summed E-state index contributed by atoms with van der Waals surface area (Å²) < 4.78 is 28.6. The summed E-state index contributed by atoms with van der Waals surface area (Å²) in [6, 6.07) is 10.1. The van der Waals surface area contributed by atoms with Crippen molar-refractivity contribution in [3.8, 4) is 28.6 Å². The van der Waals surface area contributed by atoms with Gasteiger partial charge >= 0.3 is 0 Å². The Bertz CT molecular complexity index is 1380. The minimum Gasteiger partial charge on any atom is -0.355 e. The van der Waals surface area contributed by atoms with Crippen molar-refractivity contribution in [3.05, 3.63) is 59.8 Å². The number of nitrogens with one attached hydrogen (secondary N) is 2. The molecule has 1 aliphatic rings. The van der Waals surface area contributed by atoms with E-state index in [4.69, 9.17) is 15.2 Å². The Labute approximate surface area is 195 Å². The number of aromatic amines is 1. The number of halogens is 2. The number of hydrogen-bond acceptors (Lipinski definition) is 6. The highest BCUT2D eigenvalue weighted by Gasteiger charge is 2.23. The summed E-state index contributed by atoms with van der Waals surface area (Å²) in [6.07, 6.45) is 5.19.